The minimum Gasteiger partial charge on any atom is -0.461 e. The van der Waals surface area contributed by atoms with Crippen molar-refractivity contribution in [2.75, 3.05) is 72.7 Å². The van der Waals surface area contributed by atoms with Gasteiger partial charge < -0.3 is 78.0 Å². The smallest absolute Gasteiger partial charge is 0.338 e. The zero-order valence-electron chi connectivity index (χ0n) is 36.2. The highest BCUT2D eigenvalue weighted by Gasteiger charge is 2.44. The van der Waals surface area contributed by atoms with E-state index in [1.807, 2.05) is 0 Å². The Labute approximate surface area is 365 Å². The van der Waals surface area contributed by atoms with Crippen molar-refractivity contribution in [3.05, 3.63) is 60.8 Å². The van der Waals surface area contributed by atoms with Gasteiger partial charge in [0.1, 0.15) is 88.5 Å². The van der Waals surface area contributed by atoms with Crippen LogP contribution >= 0.6 is 0 Å². The van der Waals surface area contributed by atoms with Crippen LogP contribution in [0.4, 0.5) is 0 Å². The second kappa shape index (κ2) is 31.0. The molecule has 0 amide bonds. The van der Waals surface area contributed by atoms with Crippen molar-refractivity contribution in [1.82, 2.24) is 0 Å². The molecule has 0 saturated carbocycles. The number of carbonyl (C=O) groups is 6. The fourth-order valence-corrected chi connectivity index (χ4v) is 4.19. The van der Waals surface area contributed by atoms with Gasteiger partial charge in [0.2, 0.25) is 0 Å². The lowest BCUT2D eigenvalue weighted by molar-refractivity contribution is -0.217. The SMILES string of the molecule is C=C(C)C(=O)OCC(O)COC(=O)[C@H](OCC(O)COC(=O)C(=C)C)[C@@H](OCC(O)COC(=O)C(=C)C)[C@H](OCC(O)COC(=O)C(=C)C)[C@@H](CO)OCC(O)COC(=O)C(=C)C. The van der Waals surface area contributed by atoms with Crippen molar-refractivity contribution >= 4 is 35.8 Å². The molecule has 63 heavy (non-hydrogen) atoms. The van der Waals surface area contributed by atoms with Gasteiger partial charge in [0, 0.05) is 27.9 Å². The highest BCUT2D eigenvalue weighted by atomic mass is 16.6. The van der Waals surface area contributed by atoms with Crippen molar-refractivity contribution < 1.29 is 107 Å². The minimum atomic E-state index is -2.14. The van der Waals surface area contributed by atoms with Gasteiger partial charge in [-0.3, -0.25) is 0 Å². The summed E-state index contributed by atoms with van der Waals surface area (Å²) in [4.78, 5) is 73.7. The molecule has 22 heteroatoms. The van der Waals surface area contributed by atoms with E-state index in [1.54, 1.807) is 0 Å². The molecule has 0 fully saturated rings. The van der Waals surface area contributed by atoms with Crippen LogP contribution in [0.2, 0.25) is 0 Å². The maximum Gasteiger partial charge on any atom is 0.338 e. The maximum atomic E-state index is 14.0. The van der Waals surface area contributed by atoms with E-state index in [-0.39, 0.29) is 27.9 Å². The summed E-state index contributed by atoms with van der Waals surface area (Å²) in [7, 11) is 0. The van der Waals surface area contributed by atoms with Crippen LogP contribution in [0.3, 0.4) is 0 Å². The van der Waals surface area contributed by atoms with E-state index in [0.717, 1.165) is 0 Å². The molecule has 5 unspecified atom stereocenters. The first-order valence-electron chi connectivity index (χ1n) is 19.2. The highest BCUT2D eigenvalue weighted by Crippen LogP contribution is 2.22. The Morgan fingerprint density at radius 3 is 0.937 bits per heavy atom. The lowest BCUT2D eigenvalue weighted by atomic mass is 10.0. The maximum absolute atomic E-state index is 14.0. The average molecular weight is 907 g/mol. The van der Waals surface area contributed by atoms with Gasteiger partial charge in [-0.2, -0.15) is 0 Å². The van der Waals surface area contributed by atoms with Crippen molar-refractivity contribution in [2.24, 2.45) is 0 Å². The molecule has 0 heterocycles. The van der Waals surface area contributed by atoms with Crippen LogP contribution in [0.1, 0.15) is 34.6 Å². The Balaban J connectivity index is 7.19. The lowest BCUT2D eigenvalue weighted by Crippen LogP contribution is -2.56. The molecule has 0 aliphatic heterocycles. The zero-order chi connectivity index (χ0) is 48.4. The van der Waals surface area contributed by atoms with Crippen LogP contribution in [0.15, 0.2) is 60.8 Å². The van der Waals surface area contributed by atoms with Crippen molar-refractivity contribution in [1.29, 1.82) is 0 Å². The molecule has 0 aromatic carbocycles. The number of aliphatic hydroxyl groups excluding tert-OH is 6. The van der Waals surface area contributed by atoms with Crippen LogP contribution in [0, 0.1) is 0 Å². The monoisotopic (exact) mass is 906 g/mol. The fraction of sp³-hybridized carbons (Fsp3) is 0.610. The number of hydrogen-bond acceptors (Lipinski definition) is 22. The number of ether oxygens (including phenoxy) is 10. The summed E-state index contributed by atoms with van der Waals surface area (Å²) in [6, 6.07) is 0. The third-order valence-electron chi connectivity index (χ3n) is 7.53. The predicted molar refractivity (Wildman–Crippen MR) is 216 cm³/mol. The van der Waals surface area contributed by atoms with Gasteiger partial charge in [-0.15, -0.1) is 0 Å². The average Bonchev–Trinajstić information content (AvgIpc) is 3.22. The molecule has 22 nitrogen and oxygen atoms in total. The molecule has 358 valence electrons. The third kappa shape index (κ3) is 25.1. The van der Waals surface area contributed by atoms with Crippen LogP contribution in [-0.2, 0) is 76.1 Å². The minimum absolute atomic E-state index is 0.00244. The van der Waals surface area contributed by atoms with Gasteiger partial charge in [-0.25, -0.2) is 28.8 Å². The van der Waals surface area contributed by atoms with Crippen molar-refractivity contribution in [3.63, 3.8) is 0 Å². The number of rotatable bonds is 34. The van der Waals surface area contributed by atoms with E-state index >= 15 is 0 Å². The standard InChI is InChI=1S/C41H62O22/c1-22(2)36(48)58-16-27(43)12-54-32(11-42)33(55-13-28(44)17-59-37(49)23(3)4)34(56-14-29(45)18-60-38(50)24(5)6)35(57-15-30(46)19-61-39(51)25(7)8)41(53)63-21-31(47)20-62-40(52)26(9)10/h27-35,42-47H,1,3,5,7,9,11-21H2,2,4,6,8,10H3/t27?,28?,29?,30?,31?,32-,33-,34+,35-/m1/s1. The summed E-state index contributed by atoms with van der Waals surface area (Å²) < 4.78 is 53.3. The Morgan fingerprint density at radius 1 is 0.381 bits per heavy atom. The zero-order valence-corrected chi connectivity index (χ0v) is 36.2. The van der Waals surface area contributed by atoms with Gasteiger partial charge in [-0.1, -0.05) is 32.9 Å². The van der Waals surface area contributed by atoms with Gasteiger partial charge in [0.25, 0.3) is 0 Å². The molecule has 0 aromatic heterocycles. The van der Waals surface area contributed by atoms with E-state index in [1.165, 1.54) is 34.6 Å². The molecule has 0 aliphatic rings. The molecule has 9 atom stereocenters. The van der Waals surface area contributed by atoms with E-state index in [0.29, 0.717) is 0 Å². The summed E-state index contributed by atoms with van der Waals surface area (Å²) in [6.07, 6.45) is -15.8. The Bertz CT molecular complexity index is 1570. The second-order valence-corrected chi connectivity index (χ2v) is 14.2. The van der Waals surface area contributed by atoms with Gasteiger partial charge in [0.05, 0.1) is 33.0 Å². The lowest BCUT2D eigenvalue weighted by Gasteiger charge is -2.37. The highest BCUT2D eigenvalue weighted by molar-refractivity contribution is 5.88. The van der Waals surface area contributed by atoms with Gasteiger partial charge >= 0.3 is 35.8 Å². The van der Waals surface area contributed by atoms with E-state index < -0.39 is 163 Å². The number of esters is 6. The van der Waals surface area contributed by atoms with Gasteiger partial charge in [0.15, 0.2) is 6.10 Å². The van der Waals surface area contributed by atoms with E-state index in [9.17, 15) is 59.4 Å². The Morgan fingerprint density at radius 2 is 0.635 bits per heavy atom. The summed E-state index contributed by atoms with van der Waals surface area (Å²) in [6.45, 7) is 15.6. The Hall–Kier alpha value is -4.88. The van der Waals surface area contributed by atoms with Crippen LogP contribution in [0.5, 0.6) is 0 Å². The molecule has 6 N–H and O–H groups in total. The first-order chi connectivity index (χ1) is 29.4. The summed E-state index contributed by atoms with van der Waals surface area (Å²) >= 11 is 0. The molecular formula is C41H62O22. The first kappa shape index (κ1) is 58.1. The van der Waals surface area contributed by atoms with Gasteiger partial charge in [-0.05, 0) is 34.6 Å². The molecule has 0 rings (SSSR count). The molecular weight excluding hydrogens is 844 g/mol. The molecule has 0 aliphatic carbocycles. The molecule has 0 radical (unpaired) electrons. The second-order valence-electron chi connectivity index (χ2n) is 14.2. The Kier molecular flexibility index (Phi) is 28.6. The largest absolute Gasteiger partial charge is 0.461 e. The normalized spacial score (nSPS) is 15.3. The quantitative estimate of drug-likeness (QED) is 0.0242. The molecule has 0 saturated heterocycles. The van der Waals surface area contributed by atoms with Crippen LogP contribution < -0.4 is 0 Å². The fourth-order valence-electron chi connectivity index (χ4n) is 4.19. The van der Waals surface area contributed by atoms with Crippen LogP contribution in [0.25, 0.3) is 0 Å². The van der Waals surface area contributed by atoms with Crippen molar-refractivity contribution in [3.8, 4) is 0 Å². The van der Waals surface area contributed by atoms with E-state index in [2.05, 4.69) is 32.9 Å². The van der Waals surface area contributed by atoms with Crippen LogP contribution in [-0.4, -0.2) is 194 Å². The molecule has 0 spiro atoms. The third-order valence-corrected chi connectivity index (χ3v) is 7.53. The first-order valence-corrected chi connectivity index (χ1v) is 19.2. The topological polar surface area (TPSA) is 316 Å². The number of aliphatic hydroxyl groups is 6. The molecule has 0 aromatic rings. The van der Waals surface area contributed by atoms with E-state index in [4.69, 9.17) is 47.4 Å². The number of hydrogen-bond donors (Lipinski definition) is 6. The summed E-state index contributed by atoms with van der Waals surface area (Å²) in [5, 5.41) is 63.8. The van der Waals surface area contributed by atoms with Crippen molar-refractivity contribution in [2.45, 2.75) is 89.6 Å². The number of carbonyl (C=O) groups excluding carboxylic acids is 6. The summed E-state index contributed by atoms with van der Waals surface area (Å²) in [5.74, 6) is -5.73. The molecule has 0 bridgehead atoms. The predicted octanol–water partition coefficient (Wildman–Crippen LogP) is -1.54. The summed E-state index contributed by atoms with van der Waals surface area (Å²) in [5.41, 5.74) is -0.00274.